The fraction of sp³-hybridized carbons (Fsp3) is 0.273. The van der Waals surface area contributed by atoms with Gasteiger partial charge in [-0.05, 0) is 19.1 Å². The van der Waals surface area contributed by atoms with Crippen molar-refractivity contribution in [3.63, 3.8) is 0 Å². The summed E-state index contributed by atoms with van der Waals surface area (Å²) in [7, 11) is 0. The Morgan fingerprint density at radius 3 is 3.06 bits per heavy atom. The predicted molar refractivity (Wildman–Crippen MR) is 68.9 cm³/mol. The highest BCUT2D eigenvalue weighted by Crippen LogP contribution is 2.36. The smallest absolute Gasteiger partial charge is 0.326 e. The molecule has 84 valence electrons. The van der Waals surface area contributed by atoms with Gasteiger partial charge in [-0.15, -0.1) is 11.8 Å². The molecule has 0 amide bonds. The summed E-state index contributed by atoms with van der Waals surface area (Å²) in [5.74, 6) is -0.278. The van der Waals surface area contributed by atoms with Crippen molar-refractivity contribution in [2.24, 2.45) is 0 Å². The monoisotopic (exact) mass is 253 g/mol. The lowest BCUT2D eigenvalue weighted by Crippen LogP contribution is -2.35. The zero-order valence-electron chi connectivity index (χ0n) is 8.73. The molecule has 16 heavy (non-hydrogen) atoms. The Morgan fingerprint density at radius 2 is 2.31 bits per heavy atom. The fourth-order valence-electron chi connectivity index (χ4n) is 1.42. The highest BCUT2D eigenvalue weighted by atomic mass is 32.2. The quantitative estimate of drug-likeness (QED) is 0.647. The first kappa shape index (κ1) is 11.4. The van der Waals surface area contributed by atoms with Crippen molar-refractivity contribution in [1.29, 1.82) is 0 Å². The van der Waals surface area contributed by atoms with Gasteiger partial charge in [0.2, 0.25) is 0 Å². The van der Waals surface area contributed by atoms with E-state index in [1.807, 2.05) is 24.3 Å². The first-order valence-electron chi connectivity index (χ1n) is 4.95. The Bertz CT molecular complexity index is 434. The summed E-state index contributed by atoms with van der Waals surface area (Å²) in [5.41, 5.74) is 0.957. The third-order valence-electron chi connectivity index (χ3n) is 2.13. The van der Waals surface area contributed by atoms with Crippen LogP contribution in [0.15, 0.2) is 29.2 Å². The lowest BCUT2D eigenvalue weighted by Gasteiger charge is -2.24. The molecular weight excluding hydrogens is 242 g/mol. The third-order valence-corrected chi connectivity index (χ3v) is 3.89. The molecule has 1 atom stereocenters. The molecule has 1 aromatic carbocycles. The molecule has 0 radical (unpaired) electrons. The summed E-state index contributed by atoms with van der Waals surface area (Å²) < 4.78 is 4.98. The molecule has 1 aliphatic heterocycles. The first-order chi connectivity index (χ1) is 7.72. The topological polar surface area (TPSA) is 38.3 Å². The summed E-state index contributed by atoms with van der Waals surface area (Å²) in [6, 6.07) is 7.76. The number of thiocarbonyl (C=S) groups is 1. The van der Waals surface area contributed by atoms with Crippen LogP contribution in [0.5, 0.6) is 0 Å². The van der Waals surface area contributed by atoms with Gasteiger partial charge in [-0.1, -0.05) is 24.4 Å². The lowest BCUT2D eigenvalue weighted by atomic mass is 10.3. The van der Waals surface area contributed by atoms with E-state index in [0.717, 1.165) is 10.6 Å². The van der Waals surface area contributed by atoms with Gasteiger partial charge >= 0.3 is 5.97 Å². The summed E-state index contributed by atoms with van der Waals surface area (Å²) in [6.07, 6.45) is 0. The molecule has 1 heterocycles. The maximum Gasteiger partial charge on any atom is 0.326 e. The number of carbonyl (C=O) groups is 1. The molecule has 2 rings (SSSR count). The number of hydrogen-bond acceptors (Lipinski definition) is 4. The van der Waals surface area contributed by atoms with Gasteiger partial charge in [0, 0.05) is 4.90 Å². The number of nitrogens with one attached hydrogen (secondary N) is 1. The van der Waals surface area contributed by atoms with Crippen LogP contribution in [0, 0.1) is 0 Å². The van der Waals surface area contributed by atoms with E-state index in [2.05, 4.69) is 5.32 Å². The molecule has 0 aliphatic carbocycles. The van der Waals surface area contributed by atoms with Gasteiger partial charge in [-0.2, -0.15) is 0 Å². The number of esters is 1. The van der Waals surface area contributed by atoms with Crippen molar-refractivity contribution >= 4 is 40.6 Å². The molecule has 5 heteroatoms. The van der Waals surface area contributed by atoms with Crippen LogP contribution in [0.3, 0.4) is 0 Å². The van der Waals surface area contributed by atoms with Crippen molar-refractivity contribution in [3.05, 3.63) is 24.3 Å². The zero-order valence-corrected chi connectivity index (χ0v) is 10.4. The number of rotatable bonds is 2. The van der Waals surface area contributed by atoms with Crippen molar-refractivity contribution < 1.29 is 9.53 Å². The van der Waals surface area contributed by atoms with Crippen molar-refractivity contribution in [2.45, 2.75) is 17.1 Å². The van der Waals surface area contributed by atoms with Crippen LogP contribution in [0.4, 0.5) is 5.69 Å². The standard InChI is InChI=1S/C11H11NO2S2/c1-2-14-11(13)9-10(15)12-7-5-3-4-6-8(7)16-9/h3-6,9H,2H2,1H3,(H,12,15)/t9-/m1/s1. The van der Waals surface area contributed by atoms with Crippen LogP contribution in [0.25, 0.3) is 0 Å². The number of para-hydroxylation sites is 1. The van der Waals surface area contributed by atoms with Crippen molar-refractivity contribution in [3.8, 4) is 0 Å². The second kappa shape index (κ2) is 4.84. The van der Waals surface area contributed by atoms with E-state index in [1.54, 1.807) is 6.92 Å². The van der Waals surface area contributed by atoms with E-state index in [1.165, 1.54) is 11.8 Å². The molecule has 0 fully saturated rings. The maximum atomic E-state index is 11.6. The molecule has 0 saturated heterocycles. The highest BCUT2D eigenvalue weighted by molar-refractivity contribution is 8.03. The zero-order chi connectivity index (χ0) is 11.5. The van der Waals surface area contributed by atoms with Crippen LogP contribution < -0.4 is 5.32 Å². The van der Waals surface area contributed by atoms with Crippen LogP contribution in [-0.2, 0) is 9.53 Å². The molecule has 3 nitrogen and oxygen atoms in total. The van der Waals surface area contributed by atoms with Crippen molar-refractivity contribution in [2.75, 3.05) is 11.9 Å². The SMILES string of the molecule is CCOC(=O)[C@@H]1Sc2ccccc2NC1=S. The van der Waals surface area contributed by atoms with E-state index in [9.17, 15) is 4.79 Å². The number of anilines is 1. The first-order valence-corrected chi connectivity index (χ1v) is 6.24. The minimum Gasteiger partial charge on any atom is -0.465 e. The Morgan fingerprint density at radius 1 is 1.56 bits per heavy atom. The minimum absolute atomic E-state index is 0.278. The molecule has 0 aromatic heterocycles. The normalized spacial score (nSPS) is 18.6. The largest absolute Gasteiger partial charge is 0.465 e. The highest BCUT2D eigenvalue weighted by Gasteiger charge is 2.30. The molecule has 1 N–H and O–H groups in total. The molecule has 0 unspecified atom stereocenters. The summed E-state index contributed by atoms with van der Waals surface area (Å²) >= 11 is 6.60. The Hall–Kier alpha value is -1.07. The number of ether oxygens (including phenoxy) is 1. The van der Waals surface area contributed by atoms with Crippen LogP contribution >= 0.6 is 24.0 Å². The third kappa shape index (κ3) is 2.20. The number of benzene rings is 1. The lowest BCUT2D eigenvalue weighted by molar-refractivity contribution is -0.141. The average molecular weight is 253 g/mol. The van der Waals surface area contributed by atoms with E-state index in [4.69, 9.17) is 17.0 Å². The number of thioether (sulfide) groups is 1. The van der Waals surface area contributed by atoms with Gasteiger partial charge in [-0.25, -0.2) is 0 Å². The summed E-state index contributed by atoms with van der Waals surface area (Å²) in [6.45, 7) is 2.16. The Labute approximate surface area is 104 Å². The van der Waals surface area contributed by atoms with Crippen LogP contribution in [-0.4, -0.2) is 22.8 Å². The van der Waals surface area contributed by atoms with Gasteiger partial charge in [0.1, 0.15) is 4.99 Å². The van der Waals surface area contributed by atoms with Gasteiger partial charge < -0.3 is 10.1 Å². The molecule has 1 aromatic rings. The maximum absolute atomic E-state index is 11.6. The molecular formula is C11H11NO2S2. The van der Waals surface area contributed by atoms with Gasteiger partial charge in [0.05, 0.1) is 12.3 Å². The molecule has 1 aliphatic rings. The second-order valence-corrected chi connectivity index (χ2v) is 4.82. The average Bonchev–Trinajstić information content (AvgIpc) is 2.28. The number of fused-ring (bicyclic) bond motifs is 1. The van der Waals surface area contributed by atoms with Gasteiger partial charge in [0.25, 0.3) is 0 Å². The minimum atomic E-state index is -0.426. The Balaban J connectivity index is 2.21. The molecule has 0 bridgehead atoms. The summed E-state index contributed by atoms with van der Waals surface area (Å²) in [4.78, 5) is 13.2. The number of hydrogen-bond donors (Lipinski definition) is 1. The molecule has 0 spiro atoms. The summed E-state index contributed by atoms with van der Waals surface area (Å²) in [5, 5.41) is 2.63. The predicted octanol–water partition coefficient (Wildman–Crippen LogP) is 2.46. The Kier molecular flexibility index (Phi) is 3.46. The second-order valence-electron chi connectivity index (χ2n) is 3.24. The van der Waals surface area contributed by atoms with E-state index in [0.29, 0.717) is 11.6 Å². The van der Waals surface area contributed by atoms with E-state index in [-0.39, 0.29) is 5.97 Å². The van der Waals surface area contributed by atoms with E-state index >= 15 is 0 Å². The molecule has 0 saturated carbocycles. The van der Waals surface area contributed by atoms with Crippen LogP contribution in [0.1, 0.15) is 6.92 Å². The van der Waals surface area contributed by atoms with Gasteiger partial charge in [0.15, 0.2) is 5.25 Å². The fourth-order valence-corrected chi connectivity index (χ4v) is 2.76. The van der Waals surface area contributed by atoms with Crippen molar-refractivity contribution in [1.82, 2.24) is 0 Å². The number of carbonyl (C=O) groups excluding carboxylic acids is 1. The van der Waals surface area contributed by atoms with E-state index < -0.39 is 5.25 Å². The van der Waals surface area contributed by atoms with Gasteiger partial charge in [-0.3, -0.25) is 4.79 Å². The van der Waals surface area contributed by atoms with Crippen LogP contribution in [0.2, 0.25) is 0 Å².